The van der Waals surface area contributed by atoms with Crippen molar-refractivity contribution in [2.24, 2.45) is 5.73 Å². The fraction of sp³-hybridized carbons (Fsp3) is 0.250. The molecular formula is C20H22Cl2N4O3. The summed E-state index contributed by atoms with van der Waals surface area (Å²) >= 11 is 12.1. The number of halogens is 2. The Labute approximate surface area is 179 Å². The first-order valence-corrected chi connectivity index (χ1v) is 9.72. The number of benzene rings is 2. The second kappa shape index (κ2) is 10.7. The second-order valence-corrected chi connectivity index (χ2v) is 7.02. The van der Waals surface area contributed by atoms with Gasteiger partial charge in [0.25, 0.3) is 0 Å². The zero-order chi connectivity index (χ0) is 21.4. The van der Waals surface area contributed by atoms with Crippen LogP contribution in [-0.4, -0.2) is 42.4 Å². The fourth-order valence-electron chi connectivity index (χ4n) is 2.60. The molecule has 0 aliphatic rings. The van der Waals surface area contributed by atoms with E-state index in [9.17, 15) is 14.4 Å². The van der Waals surface area contributed by atoms with Crippen LogP contribution in [0.25, 0.3) is 0 Å². The van der Waals surface area contributed by atoms with Crippen molar-refractivity contribution in [1.29, 1.82) is 0 Å². The van der Waals surface area contributed by atoms with Crippen LogP contribution in [0.15, 0.2) is 42.5 Å². The van der Waals surface area contributed by atoms with Gasteiger partial charge in [-0.2, -0.15) is 0 Å². The number of nitrogens with two attached hydrogens (primary N) is 1. The Balaban J connectivity index is 1.87. The van der Waals surface area contributed by atoms with Crippen LogP contribution in [0.2, 0.25) is 10.0 Å². The summed E-state index contributed by atoms with van der Waals surface area (Å²) in [5.74, 6) is -0.913. The molecule has 2 aromatic carbocycles. The molecular weight excluding hydrogens is 415 g/mol. The van der Waals surface area contributed by atoms with Crippen LogP contribution in [0, 0.1) is 0 Å². The van der Waals surface area contributed by atoms with E-state index >= 15 is 0 Å². The quantitative estimate of drug-likeness (QED) is 0.590. The highest BCUT2D eigenvalue weighted by Gasteiger charge is 2.17. The Hall–Kier alpha value is -2.77. The van der Waals surface area contributed by atoms with Gasteiger partial charge in [0.2, 0.25) is 11.8 Å². The van der Waals surface area contributed by atoms with E-state index in [-0.39, 0.29) is 12.6 Å². The summed E-state index contributed by atoms with van der Waals surface area (Å²) in [6.07, 6.45) is 0.520. The van der Waals surface area contributed by atoms with E-state index in [0.29, 0.717) is 40.8 Å². The molecule has 0 saturated carbocycles. The van der Waals surface area contributed by atoms with E-state index in [1.54, 1.807) is 43.3 Å². The predicted molar refractivity (Wildman–Crippen MR) is 114 cm³/mol. The number of nitrogens with zero attached hydrogens (tertiary/aromatic N) is 1. The van der Waals surface area contributed by atoms with Gasteiger partial charge in [-0.3, -0.25) is 9.59 Å². The first kappa shape index (κ1) is 22.5. The number of hydrogen-bond donors (Lipinski definition) is 3. The Morgan fingerprint density at radius 1 is 1.07 bits per heavy atom. The predicted octanol–water partition coefficient (Wildman–Crippen LogP) is 3.31. The number of anilines is 1. The number of primary amides is 1. The summed E-state index contributed by atoms with van der Waals surface area (Å²) in [5, 5.41) is 6.02. The van der Waals surface area contributed by atoms with Gasteiger partial charge in [-0.25, -0.2) is 4.79 Å². The Bertz CT molecular complexity index is 885. The van der Waals surface area contributed by atoms with E-state index in [0.717, 1.165) is 5.56 Å². The molecule has 2 rings (SSSR count). The third-order valence-corrected chi connectivity index (χ3v) is 4.76. The molecule has 0 aromatic heterocycles. The third kappa shape index (κ3) is 6.66. The minimum absolute atomic E-state index is 0.152. The van der Waals surface area contributed by atoms with Gasteiger partial charge in [0.1, 0.15) is 6.54 Å². The van der Waals surface area contributed by atoms with Crippen molar-refractivity contribution in [1.82, 2.24) is 10.2 Å². The van der Waals surface area contributed by atoms with Gasteiger partial charge in [0.15, 0.2) is 0 Å². The van der Waals surface area contributed by atoms with E-state index in [1.807, 2.05) is 6.07 Å². The Morgan fingerprint density at radius 2 is 1.72 bits per heavy atom. The van der Waals surface area contributed by atoms with Crippen LogP contribution in [0.5, 0.6) is 0 Å². The Morgan fingerprint density at radius 3 is 2.34 bits per heavy atom. The van der Waals surface area contributed by atoms with Crippen LogP contribution in [-0.2, 0) is 11.2 Å². The lowest BCUT2D eigenvalue weighted by molar-refractivity contribution is -0.116. The third-order valence-electron chi connectivity index (χ3n) is 4.13. The smallest absolute Gasteiger partial charge is 0.317 e. The highest BCUT2D eigenvalue weighted by atomic mass is 35.5. The summed E-state index contributed by atoms with van der Waals surface area (Å²) in [6.45, 7) is 2.30. The largest absolute Gasteiger partial charge is 0.366 e. The monoisotopic (exact) mass is 436 g/mol. The van der Waals surface area contributed by atoms with Gasteiger partial charge in [-0.15, -0.1) is 0 Å². The molecule has 0 unspecified atom stereocenters. The van der Waals surface area contributed by atoms with Crippen molar-refractivity contribution in [3.8, 4) is 0 Å². The molecule has 0 radical (unpaired) electrons. The van der Waals surface area contributed by atoms with Crippen LogP contribution in [0.3, 0.4) is 0 Å². The van der Waals surface area contributed by atoms with Gasteiger partial charge in [0, 0.05) is 18.7 Å². The molecule has 0 aliphatic carbocycles. The summed E-state index contributed by atoms with van der Waals surface area (Å²) in [6, 6.07) is 11.4. The first-order chi connectivity index (χ1) is 13.8. The van der Waals surface area contributed by atoms with Crippen molar-refractivity contribution >= 4 is 46.7 Å². The SMILES string of the molecule is CCN(CC(=O)Nc1c(Cl)cccc1Cl)C(=O)NCCc1cccc(C(N)=O)c1. The molecule has 0 bridgehead atoms. The van der Waals surface area contributed by atoms with Gasteiger partial charge in [-0.05, 0) is 43.2 Å². The van der Waals surface area contributed by atoms with Crippen molar-refractivity contribution in [3.05, 3.63) is 63.6 Å². The molecule has 0 atom stereocenters. The lowest BCUT2D eigenvalue weighted by Crippen LogP contribution is -2.44. The molecule has 0 heterocycles. The van der Waals surface area contributed by atoms with E-state index in [1.165, 1.54) is 4.90 Å². The van der Waals surface area contributed by atoms with Gasteiger partial charge < -0.3 is 21.3 Å². The zero-order valence-electron chi connectivity index (χ0n) is 15.9. The summed E-state index contributed by atoms with van der Waals surface area (Å²) in [7, 11) is 0. The maximum atomic E-state index is 12.4. The molecule has 0 fully saturated rings. The first-order valence-electron chi connectivity index (χ1n) is 8.97. The number of carbonyl (C=O) groups excluding carboxylic acids is 3. The van der Waals surface area contributed by atoms with E-state index < -0.39 is 11.8 Å². The van der Waals surface area contributed by atoms with Crippen molar-refractivity contribution in [2.75, 3.05) is 25.0 Å². The lowest BCUT2D eigenvalue weighted by atomic mass is 10.1. The lowest BCUT2D eigenvalue weighted by Gasteiger charge is -2.21. The zero-order valence-corrected chi connectivity index (χ0v) is 17.4. The molecule has 7 nitrogen and oxygen atoms in total. The number of likely N-dealkylation sites (N-methyl/N-ethyl adjacent to an activating group) is 1. The summed E-state index contributed by atoms with van der Waals surface area (Å²) in [5.41, 5.74) is 6.87. The number of rotatable bonds is 8. The number of urea groups is 1. The topological polar surface area (TPSA) is 105 Å². The normalized spacial score (nSPS) is 10.3. The highest BCUT2D eigenvalue weighted by molar-refractivity contribution is 6.39. The average molecular weight is 437 g/mol. The average Bonchev–Trinajstić information content (AvgIpc) is 2.69. The number of nitrogens with one attached hydrogen (secondary N) is 2. The Kier molecular flexibility index (Phi) is 8.30. The summed E-state index contributed by atoms with van der Waals surface area (Å²) < 4.78 is 0. The molecule has 0 saturated heterocycles. The molecule has 4 N–H and O–H groups in total. The van der Waals surface area contributed by atoms with E-state index in [4.69, 9.17) is 28.9 Å². The molecule has 4 amide bonds. The van der Waals surface area contributed by atoms with Crippen LogP contribution in [0.1, 0.15) is 22.8 Å². The van der Waals surface area contributed by atoms with Crippen LogP contribution >= 0.6 is 23.2 Å². The van der Waals surface area contributed by atoms with Crippen molar-refractivity contribution < 1.29 is 14.4 Å². The number of para-hydroxylation sites is 1. The van der Waals surface area contributed by atoms with Crippen molar-refractivity contribution in [2.45, 2.75) is 13.3 Å². The van der Waals surface area contributed by atoms with Crippen molar-refractivity contribution in [3.63, 3.8) is 0 Å². The second-order valence-electron chi connectivity index (χ2n) is 6.21. The standard InChI is InChI=1S/C20H22Cl2N4O3/c1-2-26(12-17(27)25-18-15(21)7-4-8-16(18)22)20(29)24-10-9-13-5-3-6-14(11-13)19(23)28/h3-8,11H,2,9-10,12H2,1H3,(H2,23,28)(H,24,29)(H,25,27). The van der Waals surface area contributed by atoms with Gasteiger partial charge in [0.05, 0.1) is 15.7 Å². The molecule has 9 heteroatoms. The van der Waals surface area contributed by atoms with E-state index in [2.05, 4.69) is 10.6 Å². The number of hydrogen-bond acceptors (Lipinski definition) is 3. The minimum Gasteiger partial charge on any atom is -0.366 e. The molecule has 154 valence electrons. The van der Waals surface area contributed by atoms with Crippen LogP contribution < -0.4 is 16.4 Å². The maximum absolute atomic E-state index is 12.4. The van der Waals surface area contributed by atoms with Gasteiger partial charge >= 0.3 is 6.03 Å². The maximum Gasteiger partial charge on any atom is 0.317 e. The molecule has 0 aliphatic heterocycles. The number of carbonyl (C=O) groups is 3. The molecule has 2 aromatic rings. The highest BCUT2D eigenvalue weighted by Crippen LogP contribution is 2.29. The molecule has 29 heavy (non-hydrogen) atoms. The van der Waals surface area contributed by atoms with Gasteiger partial charge in [-0.1, -0.05) is 41.4 Å². The number of amides is 4. The van der Waals surface area contributed by atoms with Crippen LogP contribution in [0.4, 0.5) is 10.5 Å². The summed E-state index contributed by atoms with van der Waals surface area (Å²) in [4.78, 5) is 37.3. The minimum atomic E-state index is -0.502. The molecule has 0 spiro atoms. The fourth-order valence-corrected chi connectivity index (χ4v) is 3.09.